The summed E-state index contributed by atoms with van der Waals surface area (Å²) < 4.78 is 6.97. The fourth-order valence-corrected chi connectivity index (χ4v) is 1.81. The topological polar surface area (TPSA) is 52.3 Å². The smallest absolute Gasteiger partial charge is 0.260 e. The Hall–Kier alpha value is -1.88. The van der Waals surface area contributed by atoms with Crippen LogP contribution in [-0.2, 0) is 0 Å². The third-order valence-electron chi connectivity index (χ3n) is 2.35. The van der Waals surface area contributed by atoms with E-state index in [0.717, 1.165) is 11.0 Å². The zero-order valence-corrected chi connectivity index (χ0v) is 9.14. The maximum atomic E-state index is 5.92. The number of aromatic nitrogens is 4. The SMILES string of the molecule is COc1nc2cc(Cl)ccc2n2cnnc12. The number of hydrogen-bond donors (Lipinski definition) is 0. The van der Waals surface area contributed by atoms with E-state index in [-0.39, 0.29) is 0 Å². The minimum Gasteiger partial charge on any atom is -0.478 e. The fourth-order valence-electron chi connectivity index (χ4n) is 1.64. The molecule has 16 heavy (non-hydrogen) atoms. The van der Waals surface area contributed by atoms with Gasteiger partial charge in [0.25, 0.3) is 5.88 Å². The highest BCUT2D eigenvalue weighted by Crippen LogP contribution is 2.23. The van der Waals surface area contributed by atoms with Crippen molar-refractivity contribution in [1.29, 1.82) is 0 Å². The van der Waals surface area contributed by atoms with Gasteiger partial charge >= 0.3 is 0 Å². The highest BCUT2D eigenvalue weighted by Gasteiger charge is 2.10. The predicted molar refractivity (Wildman–Crippen MR) is 59.9 cm³/mol. The van der Waals surface area contributed by atoms with E-state index >= 15 is 0 Å². The second-order valence-corrected chi connectivity index (χ2v) is 3.72. The highest BCUT2D eigenvalue weighted by molar-refractivity contribution is 6.31. The van der Waals surface area contributed by atoms with Crippen LogP contribution in [0.5, 0.6) is 5.88 Å². The summed E-state index contributed by atoms with van der Waals surface area (Å²) in [5.41, 5.74) is 2.24. The van der Waals surface area contributed by atoms with Crippen molar-refractivity contribution in [2.45, 2.75) is 0 Å². The zero-order valence-electron chi connectivity index (χ0n) is 8.38. The molecule has 0 radical (unpaired) electrons. The van der Waals surface area contributed by atoms with Crippen LogP contribution in [0.15, 0.2) is 24.5 Å². The number of hydrogen-bond acceptors (Lipinski definition) is 4. The van der Waals surface area contributed by atoms with Crippen molar-refractivity contribution < 1.29 is 4.74 Å². The molecule has 0 N–H and O–H groups in total. The molecular weight excluding hydrogens is 228 g/mol. The molecule has 5 nitrogen and oxygen atoms in total. The molecular formula is C10H7ClN4O. The van der Waals surface area contributed by atoms with Gasteiger partial charge in [0, 0.05) is 5.02 Å². The Morgan fingerprint density at radius 2 is 2.25 bits per heavy atom. The van der Waals surface area contributed by atoms with Crippen LogP contribution in [0.1, 0.15) is 0 Å². The number of nitrogens with zero attached hydrogens (tertiary/aromatic N) is 4. The first kappa shape index (κ1) is 9.35. The van der Waals surface area contributed by atoms with Gasteiger partial charge in [0.05, 0.1) is 18.1 Å². The van der Waals surface area contributed by atoms with Gasteiger partial charge < -0.3 is 4.74 Å². The average molecular weight is 235 g/mol. The van der Waals surface area contributed by atoms with Gasteiger partial charge in [-0.15, -0.1) is 10.2 Å². The summed E-state index contributed by atoms with van der Waals surface area (Å²) >= 11 is 5.92. The van der Waals surface area contributed by atoms with Crippen molar-refractivity contribution in [2.24, 2.45) is 0 Å². The number of ether oxygens (including phenoxy) is 1. The van der Waals surface area contributed by atoms with Crippen LogP contribution >= 0.6 is 11.6 Å². The van der Waals surface area contributed by atoms with Crippen LogP contribution in [0, 0.1) is 0 Å². The molecule has 0 spiro atoms. The summed E-state index contributed by atoms with van der Waals surface area (Å²) in [7, 11) is 1.55. The molecule has 0 amide bonds. The van der Waals surface area contributed by atoms with E-state index in [1.54, 1.807) is 25.6 Å². The average Bonchev–Trinajstić information content (AvgIpc) is 2.76. The molecule has 0 unspecified atom stereocenters. The van der Waals surface area contributed by atoms with Crippen molar-refractivity contribution in [1.82, 2.24) is 19.6 Å². The number of fused-ring (bicyclic) bond motifs is 3. The lowest BCUT2D eigenvalue weighted by atomic mass is 10.3. The van der Waals surface area contributed by atoms with Gasteiger partial charge in [-0.1, -0.05) is 11.6 Å². The third-order valence-corrected chi connectivity index (χ3v) is 2.59. The van der Waals surface area contributed by atoms with Gasteiger partial charge in [-0.2, -0.15) is 0 Å². The van der Waals surface area contributed by atoms with Crippen LogP contribution < -0.4 is 4.74 Å². The van der Waals surface area contributed by atoms with E-state index in [1.807, 2.05) is 10.5 Å². The zero-order chi connectivity index (χ0) is 11.1. The monoisotopic (exact) mass is 234 g/mol. The molecule has 0 aliphatic heterocycles. The van der Waals surface area contributed by atoms with E-state index in [9.17, 15) is 0 Å². The summed E-state index contributed by atoms with van der Waals surface area (Å²) in [4.78, 5) is 4.32. The Labute approximate surface area is 95.6 Å². The van der Waals surface area contributed by atoms with Gasteiger partial charge in [-0.25, -0.2) is 4.98 Å². The van der Waals surface area contributed by atoms with Gasteiger partial charge in [-0.3, -0.25) is 4.40 Å². The molecule has 6 heteroatoms. The maximum absolute atomic E-state index is 5.92. The van der Waals surface area contributed by atoms with Crippen LogP contribution in [0.2, 0.25) is 5.02 Å². The molecule has 0 bridgehead atoms. The van der Waals surface area contributed by atoms with Crippen LogP contribution in [0.4, 0.5) is 0 Å². The van der Waals surface area contributed by atoms with E-state index in [1.165, 1.54) is 0 Å². The van der Waals surface area contributed by atoms with Gasteiger partial charge in [0.1, 0.15) is 6.33 Å². The van der Waals surface area contributed by atoms with Gasteiger partial charge in [-0.05, 0) is 18.2 Å². The lowest BCUT2D eigenvalue weighted by Gasteiger charge is -2.04. The summed E-state index contributed by atoms with van der Waals surface area (Å²) in [6.45, 7) is 0. The first-order valence-electron chi connectivity index (χ1n) is 4.62. The van der Waals surface area contributed by atoms with E-state index < -0.39 is 0 Å². The molecule has 0 atom stereocenters. The lowest BCUT2D eigenvalue weighted by molar-refractivity contribution is 0.402. The predicted octanol–water partition coefficient (Wildman–Crippen LogP) is 1.94. The highest BCUT2D eigenvalue weighted by atomic mass is 35.5. The first-order chi connectivity index (χ1) is 7.79. The van der Waals surface area contributed by atoms with Crippen molar-refractivity contribution in [3.63, 3.8) is 0 Å². The number of methoxy groups -OCH3 is 1. The normalized spacial score (nSPS) is 11.1. The Kier molecular flexibility index (Phi) is 1.94. The third kappa shape index (κ3) is 1.22. The van der Waals surface area contributed by atoms with Crippen molar-refractivity contribution in [3.8, 4) is 5.88 Å². The van der Waals surface area contributed by atoms with Gasteiger partial charge in [0.2, 0.25) is 5.65 Å². The van der Waals surface area contributed by atoms with Gasteiger partial charge in [0.15, 0.2) is 0 Å². The van der Waals surface area contributed by atoms with E-state index in [4.69, 9.17) is 16.3 Å². The molecule has 80 valence electrons. The van der Waals surface area contributed by atoms with E-state index in [2.05, 4.69) is 15.2 Å². The summed E-state index contributed by atoms with van der Waals surface area (Å²) in [6.07, 6.45) is 1.62. The Morgan fingerprint density at radius 3 is 3.06 bits per heavy atom. The molecule has 0 fully saturated rings. The molecule has 3 aromatic rings. The van der Waals surface area contributed by atoms with Crippen LogP contribution in [0.3, 0.4) is 0 Å². The van der Waals surface area contributed by atoms with Crippen molar-refractivity contribution >= 4 is 28.3 Å². The minimum atomic E-state index is 0.437. The second kappa shape index (κ2) is 3.31. The Balaban J connectivity index is 2.53. The quantitative estimate of drug-likeness (QED) is 0.646. The minimum absolute atomic E-state index is 0.437. The van der Waals surface area contributed by atoms with Crippen molar-refractivity contribution in [2.75, 3.05) is 7.11 Å². The molecule has 1 aromatic carbocycles. The molecule has 3 rings (SSSR count). The first-order valence-corrected chi connectivity index (χ1v) is 5.00. The summed E-state index contributed by atoms with van der Waals surface area (Å²) in [5, 5.41) is 8.43. The maximum Gasteiger partial charge on any atom is 0.260 e. The number of benzene rings is 1. The number of halogens is 1. The number of rotatable bonds is 1. The summed E-state index contributed by atoms with van der Waals surface area (Å²) in [5.74, 6) is 0.437. The Bertz CT molecular complexity index is 679. The molecule has 0 aliphatic carbocycles. The lowest BCUT2D eigenvalue weighted by Crippen LogP contribution is -1.96. The molecule has 2 heterocycles. The Morgan fingerprint density at radius 1 is 1.38 bits per heavy atom. The van der Waals surface area contributed by atoms with Crippen molar-refractivity contribution in [3.05, 3.63) is 29.5 Å². The second-order valence-electron chi connectivity index (χ2n) is 3.28. The molecule has 0 aliphatic rings. The summed E-state index contributed by atoms with van der Waals surface area (Å²) in [6, 6.07) is 5.46. The fraction of sp³-hybridized carbons (Fsp3) is 0.100. The van der Waals surface area contributed by atoms with Crippen LogP contribution in [0.25, 0.3) is 16.7 Å². The molecule has 2 aromatic heterocycles. The van der Waals surface area contributed by atoms with E-state index in [0.29, 0.717) is 16.5 Å². The molecule has 0 saturated heterocycles. The standard InChI is InChI=1S/C10H7ClN4O/c1-16-10-9-14-12-5-15(9)8-3-2-6(11)4-7(8)13-10/h2-5H,1H3. The molecule has 0 saturated carbocycles. The largest absolute Gasteiger partial charge is 0.478 e. The van der Waals surface area contributed by atoms with Crippen LogP contribution in [-0.4, -0.2) is 26.7 Å².